The Hall–Kier alpha value is -1.94. The molecule has 0 unspecified atom stereocenters. The van der Waals surface area contributed by atoms with E-state index in [0.717, 1.165) is 15.8 Å². The molecule has 0 amide bonds. The molecule has 2 rings (SSSR count). The second kappa shape index (κ2) is 7.36. The van der Waals surface area contributed by atoms with Gasteiger partial charge in [0.2, 0.25) is 0 Å². The smallest absolute Gasteiger partial charge is 0.167 e. The summed E-state index contributed by atoms with van der Waals surface area (Å²) in [4.78, 5) is 23.8. The van der Waals surface area contributed by atoms with Gasteiger partial charge in [-0.1, -0.05) is 18.2 Å². The molecular weight excluding hydrogens is 344 g/mol. The Balaban J connectivity index is 2.17. The molecule has 22 heavy (non-hydrogen) atoms. The van der Waals surface area contributed by atoms with E-state index in [1.54, 1.807) is 36.4 Å². The molecule has 4 heteroatoms. The molecule has 0 fully saturated rings. The summed E-state index contributed by atoms with van der Waals surface area (Å²) in [7, 11) is 0. The van der Waals surface area contributed by atoms with Crippen LogP contribution in [-0.2, 0) is 6.42 Å². The second-order valence-corrected chi connectivity index (χ2v) is 5.79. The van der Waals surface area contributed by atoms with Gasteiger partial charge in [-0.3, -0.25) is 9.59 Å². The summed E-state index contributed by atoms with van der Waals surface area (Å²) in [5, 5.41) is 0. The molecule has 114 valence electrons. The molecule has 0 bridgehead atoms. The monoisotopic (exact) mass is 360 g/mol. The number of rotatable bonds is 6. The number of halogens is 1. The molecular formula is C18H17BrO3. The van der Waals surface area contributed by atoms with Crippen LogP contribution in [0, 0.1) is 0 Å². The molecule has 0 atom stereocenters. The lowest BCUT2D eigenvalue weighted by molar-refractivity contribution is 0.0987. The van der Waals surface area contributed by atoms with Crippen molar-refractivity contribution in [2.75, 3.05) is 6.61 Å². The highest BCUT2D eigenvalue weighted by molar-refractivity contribution is 9.10. The molecule has 0 saturated heterocycles. The Morgan fingerprint density at radius 2 is 1.86 bits per heavy atom. The number of hydrogen-bond donors (Lipinski definition) is 0. The molecule has 3 nitrogen and oxygen atoms in total. The summed E-state index contributed by atoms with van der Waals surface area (Å²) >= 11 is 3.41. The quantitative estimate of drug-likeness (QED) is 0.713. The third-order valence-electron chi connectivity index (χ3n) is 3.25. The Labute approximate surface area is 138 Å². The lowest BCUT2D eigenvalue weighted by atomic mass is 10.0. The van der Waals surface area contributed by atoms with Gasteiger partial charge in [0.05, 0.1) is 11.1 Å². The van der Waals surface area contributed by atoms with Crippen molar-refractivity contribution in [2.24, 2.45) is 0 Å². The van der Waals surface area contributed by atoms with Gasteiger partial charge in [-0.2, -0.15) is 0 Å². The van der Waals surface area contributed by atoms with Crippen LogP contribution in [0.5, 0.6) is 5.75 Å². The van der Waals surface area contributed by atoms with Crippen LogP contribution in [-0.4, -0.2) is 18.2 Å². The maximum Gasteiger partial charge on any atom is 0.167 e. The van der Waals surface area contributed by atoms with Crippen LogP contribution in [0.15, 0.2) is 46.9 Å². The first-order chi connectivity index (χ1) is 10.5. The minimum absolute atomic E-state index is 0.00175. The Kier molecular flexibility index (Phi) is 5.50. The zero-order chi connectivity index (χ0) is 16.1. The number of ketones is 2. The van der Waals surface area contributed by atoms with Crippen molar-refractivity contribution < 1.29 is 14.3 Å². The summed E-state index contributed by atoms with van der Waals surface area (Å²) in [6.07, 6.45) is 0.265. The van der Waals surface area contributed by atoms with Gasteiger partial charge in [0, 0.05) is 17.5 Å². The average Bonchev–Trinajstić information content (AvgIpc) is 2.49. The van der Waals surface area contributed by atoms with Gasteiger partial charge in [-0.05, 0) is 59.6 Å². The number of carbonyl (C=O) groups is 2. The van der Waals surface area contributed by atoms with Crippen molar-refractivity contribution in [3.8, 4) is 5.75 Å². The van der Waals surface area contributed by atoms with Crippen LogP contribution in [0.2, 0.25) is 0 Å². The van der Waals surface area contributed by atoms with Crippen molar-refractivity contribution in [3.63, 3.8) is 0 Å². The fourth-order valence-corrected chi connectivity index (χ4v) is 2.63. The molecule has 0 aliphatic heterocycles. The summed E-state index contributed by atoms with van der Waals surface area (Å²) in [5.74, 6) is 0.722. The zero-order valence-electron chi connectivity index (χ0n) is 12.6. The summed E-state index contributed by atoms with van der Waals surface area (Å²) < 4.78 is 6.20. The van der Waals surface area contributed by atoms with E-state index in [1.165, 1.54) is 6.92 Å². The van der Waals surface area contributed by atoms with E-state index in [9.17, 15) is 9.59 Å². The Morgan fingerprint density at radius 1 is 1.09 bits per heavy atom. The molecule has 0 saturated carbocycles. The van der Waals surface area contributed by atoms with Crippen LogP contribution in [0.4, 0.5) is 0 Å². The lowest BCUT2D eigenvalue weighted by Crippen LogP contribution is -2.05. The molecule has 0 spiro atoms. The molecule has 2 aromatic carbocycles. The highest BCUT2D eigenvalue weighted by Gasteiger charge is 2.11. The summed E-state index contributed by atoms with van der Waals surface area (Å²) in [6.45, 7) is 4.00. The maximum absolute atomic E-state index is 12.4. The third kappa shape index (κ3) is 4.04. The number of benzene rings is 2. The highest BCUT2D eigenvalue weighted by Crippen LogP contribution is 2.26. The topological polar surface area (TPSA) is 43.4 Å². The fraction of sp³-hybridized carbons (Fsp3) is 0.222. The van der Waals surface area contributed by atoms with Crippen LogP contribution in [0.1, 0.15) is 40.1 Å². The van der Waals surface area contributed by atoms with Crippen molar-refractivity contribution in [3.05, 3.63) is 63.6 Å². The van der Waals surface area contributed by atoms with Crippen molar-refractivity contribution >= 4 is 27.5 Å². The average molecular weight is 361 g/mol. The van der Waals surface area contributed by atoms with Crippen molar-refractivity contribution in [2.45, 2.75) is 20.3 Å². The van der Waals surface area contributed by atoms with Crippen molar-refractivity contribution in [1.82, 2.24) is 0 Å². The molecule has 0 radical (unpaired) electrons. The maximum atomic E-state index is 12.4. The summed E-state index contributed by atoms with van der Waals surface area (Å²) in [6, 6.07) is 12.5. The SMILES string of the molecule is CCOc1ccc(C(=O)Cc2cccc(C(C)=O)c2)cc1Br. The van der Waals surface area contributed by atoms with E-state index < -0.39 is 0 Å². The van der Waals surface area contributed by atoms with Gasteiger partial charge in [0.1, 0.15) is 5.75 Å². The summed E-state index contributed by atoms with van der Waals surface area (Å²) in [5.41, 5.74) is 2.07. The van der Waals surface area contributed by atoms with Gasteiger partial charge in [-0.25, -0.2) is 0 Å². The molecule has 0 aliphatic rings. The van der Waals surface area contributed by atoms with E-state index in [0.29, 0.717) is 17.7 Å². The molecule has 2 aromatic rings. The number of ether oxygens (including phenoxy) is 1. The molecule has 0 heterocycles. The fourth-order valence-electron chi connectivity index (χ4n) is 2.13. The predicted molar refractivity (Wildman–Crippen MR) is 89.8 cm³/mol. The predicted octanol–water partition coefficient (Wildman–Crippen LogP) is 4.48. The molecule has 0 N–H and O–H groups in total. The highest BCUT2D eigenvalue weighted by atomic mass is 79.9. The van der Waals surface area contributed by atoms with Gasteiger partial charge >= 0.3 is 0 Å². The first-order valence-corrected chi connectivity index (χ1v) is 7.86. The zero-order valence-corrected chi connectivity index (χ0v) is 14.1. The van der Waals surface area contributed by atoms with Crippen LogP contribution in [0.25, 0.3) is 0 Å². The van der Waals surface area contributed by atoms with Gasteiger partial charge in [0.25, 0.3) is 0 Å². The van der Waals surface area contributed by atoms with Gasteiger partial charge in [0.15, 0.2) is 11.6 Å². The minimum atomic E-state index is -0.00175. The molecule has 0 aliphatic carbocycles. The third-order valence-corrected chi connectivity index (χ3v) is 3.87. The van der Waals surface area contributed by atoms with Gasteiger partial charge < -0.3 is 4.74 Å². The van der Waals surface area contributed by atoms with E-state index >= 15 is 0 Å². The largest absolute Gasteiger partial charge is 0.493 e. The number of Topliss-reactive ketones (excluding diaryl/α,β-unsaturated/α-hetero) is 2. The van der Waals surface area contributed by atoms with E-state index in [4.69, 9.17) is 4.74 Å². The molecule has 0 aromatic heterocycles. The number of carbonyl (C=O) groups excluding carboxylic acids is 2. The lowest BCUT2D eigenvalue weighted by Gasteiger charge is -2.08. The van der Waals surface area contributed by atoms with Crippen LogP contribution >= 0.6 is 15.9 Å². The van der Waals surface area contributed by atoms with E-state index in [2.05, 4.69) is 15.9 Å². The van der Waals surface area contributed by atoms with Crippen LogP contribution in [0.3, 0.4) is 0 Å². The Morgan fingerprint density at radius 3 is 2.50 bits per heavy atom. The minimum Gasteiger partial charge on any atom is -0.493 e. The number of hydrogen-bond acceptors (Lipinski definition) is 3. The standard InChI is InChI=1S/C18H17BrO3/c1-3-22-18-8-7-15(11-16(18)19)17(21)10-13-5-4-6-14(9-13)12(2)20/h4-9,11H,3,10H2,1-2H3. The van der Waals surface area contributed by atoms with Gasteiger partial charge in [-0.15, -0.1) is 0 Å². The van der Waals surface area contributed by atoms with E-state index in [-0.39, 0.29) is 18.0 Å². The second-order valence-electron chi connectivity index (χ2n) is 4.93. The first kappa shape index (κ1) is 16.4. The Bertz CT molecular complexity index is 707. The normalized spacial score (nSPS) is 10.3. The van der Waals surface area contributed by atoms with Crippen LogP contribution < -0.4 is 4.74 Å². The first-order valence-electron chi connectivity index (χ1n) is 7.06. The van der Waals surface area contributed by atoms with Crippen molar-refractivity contribution in [1.29, 1.82) is 0 Å². The van der Waals surface area contributed by atoms with E-state index in [1.807, 2.05) is 13.0 Å².